The Morgan fingerprint density at radius 1 is 1.11 bits per heavy atom. The minimum atomic E-state index is 0.256. The Bertz CT molecular complexity index is 435. The fraction of sp³-hybridized carbons (Fsp3) is 0.643. The van der Waals surface area contributed by atoms with Gasteiger partial charge in [-0.15, -0.1) is 0 Å². The SMILES string of the molecule is CC(C)(C)N1CCN(Cc2ccc(Cl)nc2Cl)CC1. The van der Waals surface area contributed by atoms with Crippen molar-refractivity contribution in [3.63, 3.8) is 0 Å². The number of rotatable bonds is 2. The maximum absolute atomic E-state index is 6.12. The van der Waals surface area contributed by atoms with Gasteiger partial charge < -0.3 is 0 Å². The third-order valence-electron chi connectivity index (χ3n) is 3.61. The van der Waals surface area contributed by atoms with E-state index in [1.165, 1.54) is 0 Å². The van der Waals surface area contributed by atoms with Crippen LogP contribution in [0.15, 0.2) is 12.1 Å². The van der Waals surface area contributed by atoms with Gasteiger partial charge in [-0.3, -0.25) is 9.80 Å². The fourth-order valence-electron chi connectivity index (χ4n) is 2.38. The van der Waals surface area contributed by atoms with Crippen molar-refractivity contribution in [3.8, 4) is 0 Å². The molecule has 3 nitrogen and oxygen atoms in total. The van der Waals surface area contributed by atoms with E-state index >= 15 is 0 Å². The summed E-state index contributed by atoms with van der Waals surface area (Å²) in [5.41, 5.74) is 1.31. The number of hydrogen-bond acceptors (Lipinski definition) is 3. The van der Waals surface area contributed by atoms with Gasteiger partial charge in [0.05, 0.1) is 0 Å². The molecule has 1 aliphatic rings. The lowest BCUT2D eigenvalue weighted by Crippen LogP contribution is -2.53. The molecule has 0 aromatic carbocycles. The van der Waals surface area contributed by atoms with E-state index in [2.05, 4.69) is 35.6 Å². The summed E-state index contributed by atoms with van der Waals surface area (Å²) in [6.07, 6.45) is 0. The fourth-order valence-corrected chi connectivity index (χ4v) is 2.78. The van der Waals surface area contributed by atoms with E-state index in [1.54, 1.807) is 6.07 Å². The van der Waals surface area contributed by atoms with E-state index in [-0.39, 0.29) is 5.54 Å². The highest BCUT2D eigenvalue weighted by atomic mass is 35.5. The summed E-state index contributed by atoms with van der Waals surface area (Å²) in [5, 5.41) is 0.969. The molecular formula is C14H21Cl2N3. The molecule has 2 heterocycles. The van der Waals surface area contributed by atoms with E-state index in [0.717, 1.165) is 38.3 Å². The van der Waals surface area contributed by atoms with Crippen LogP contribution in [0.5, 0.6) is 0 Å². The Labute approximate surface area is 125 Å². The third-order valence-corrected chi connectivity index (χ3v) is 4.14. The van der Waals surface area contributed by atoms with Crippen molar-refractivity contribution < 1.29 is 0 Å². The van der Waals surface area contributed by atoms with E-state index < -0.39 is 0 Å². The van der Waals surface area contributed by atoms with Crippen LogP contribution >= 0.6 is 23.2 Å². The molecule has 0 bridgehead atoms. The van der Waals surface area contributed by atoms with Crippen LogP contribution in [0.25, 0.3) is 0 Å². The lowest BCUT2D eigenvalue weighted by molar-refractivity contribution is 0.0591. The van der Waals surface area contributed by atoms with Gasteiger partial charge in [-0.25, -0.2) is 4.98 Å². The van der Waals surface area contributed by atoms with Crippen LogP contribution in [0.3, 0.4) is 0 Å². The third kappa shape index (κ3) is 4.06. The van der Waals surface area contributed by atoms with E-state index in [0.29, 0.717) is 10.3 Å². The monoisotopic (exact) mass is 301 g/mol. The van der Waals surface area contributed by atoms with Crippen molar-refractivity contribution in [2.45, 2.75) is 32.9 Å². The topological polar surface area (TPSA) is 19.4 Å². The molecule has 0 amide bonds. The van der Waals surface area contributed by atoms with Crippen LogP contribution in [-0.2, 0) is 6.54 Å². The van der Waals surface area contributed by atoms with Gasteiger partial charge in [-0.1, -0.05) is 29.3 Å². The summed E-state index contributed by atoms with van der Waals surface area (Å²) in [4.78, 5) is 9.02. The summed E-state index contributed by atoms with van der Waals surface area (Å²) >= 11 is 11.9. The number of hydrogen-bond donors (Lipinski definition) is 0. The molecule has 0 saturated carbocycles. The van der Waals surface area contributed by atoms with Crippen molar-refractivity contribution in [1.29, 1.82) is 0 Å². The Balaban J connectivity index is 1.92. The predicted octanol–water partition coefficient (Wildman–Crippen LogP) is 3.30. The van der Waals surface area contributed by atoms with Crippen LogP contribution in [0, 0.1) is 0 Å². The molecule has 0 radical (unpaired) electrons. The summed E-state index contributed by atoms with van der Waals surface area (Å²) in [5.74, 6) is 0. The summed E-state index contributed by atoms with van der Waals surface area (Å²) < 4.78 is 0. The van der Waals surface area contributed by atoms with Gasteiger partial charge >= 0.3 is 0 Å². The molecule has 1 saturated heterocycles. The largest absolute Gasteiger partial charge is 0.296 e. The minimum absolute atomic E-state index is 0.256. The maximum atomic E-state index is 6.12. The van der Waals surface area contributed by atoms with Crippen LogP contribution in [0.4, 0.5) is 0 Å². The van der Waals surface area contributed by atoms with Crippen LogP contribution < -0.4 is 0 Å². The minimum Gasteiger partial charge on any atom is -0.296 e. The first-order valence-corrected chi connectivity index (χ1v) is 7.40. The Morgan fingerprint density at radius 3 is 2.26 bits per heavy atom. The van der Waals surface area contributed by atoms with E-state index in [1.807, 2.05) is 6.07 Å². The van der Waals surface area contributed by atoms with Crippen LogP contribution in [0.2, 0.25) is 10.3 Å². The van der Waals surface area contributed by atoms with Gasteiger partial charge in [-0.05, 0) is 26.8 Å². The molecule has 2 rings (SSSR count). The number of aromatic nitrogens is 1. The number of pyridine rings is 1. The first-order chi connectivity index (χ1) is 8.86. The normalized spacial score (nSPS) is 18.8. The van der Waals surface area contributed by atoms with Gasteiger partial charge in [0.15, 0.2) is 0 Å². The van der Waals surface area contributed by atoms with E-state index in [4.69, 9.17) is 23.2 Å². The van der Waals surface area contributed by atoms with Crippen LogP contribution in [0.1, 0.15) is 26.3 Å². The molecule has 0 atom stereocenters. The van der Waals surface area contributed by atoms with Crippen molar-refractivity contribution in [1.82, 2.24) is 14.8 Å². The average Bonchev–Trinajstić information content (AvgIpc) is 2.32. The Morgan fingerprint density at radius 2 is 1.74 bits per heavy atom. The van der Waals surface area contributed by atoms with Crippen molar-refractivity contribution in [3.05, 3.63) is 28.0 Å². The summed E-state index contributed by atoms with van der Waals surface area (Å²) in [6, 6.07) is 3.77. The van der Waals surface area contributed by atoms with Crippen molar-refractivity contribution in [2.24, 2.45) is 0 Å². The zero-order valence-corrected chi connectivity index (χ0v) is 13.3. The first-order valence-electron chi connectivity index (χ1n) is 6.64. The molecule has 0 N–H and O–H groups in total. The zero-order valence-electron chi connectivity index (χ0n) is 11.8. The quantitative estimate of drug-likeness (QED) is 0.781. The Hall–Kier alpha value is -0.350. The molecule has 1 aliphatic heterocycles. The average molecular weight is 302 g/mol. The highest BCUT2D eigenvalue weighted by molar-refractivity contribution is 6.32. The maximum Gasteiger partial charge on any atom is 0.135 e. The number of piperazine rings is 1. The standard InChI is InChI=1S/C14H21Cl2N3/c1-14(2,3)19-8-6-18(7-9-19)10-11-4-5-12(15)17-13(11)16/h4-5H,6-10H2,1-3H3. The second-order valence-electron chi connectivity index (χ2n) is 6.02. The van der Waals surface area contributed by atoms with E-state index in [9.17, 15) is 0 Å². The summed E-state index contributed by atoms with van der Waals surface area (Å²) in [6.45, 7) is 12.0. The molecule has 0 aliphatic carbocycles. The second kappa shape index (κ2) is 5.96. The smallest absolute Gasteiger partial charge is 0.135 e. The van der Waals surface area contributed by atoms with Gasteiger partial charge in [0, 0.05) is 43.8 Å². The predicted molar refractivity (Wildman–Crippen MR) is 80.9 cm³/mol. The number of halogens is 2. The van der Waals surface area contributed by atoms with Crippen molar-refractivity contribution in [2.75, 3.05) is 26.2 Å². The molecule has 1 aromatic heterocycles. The highest BCUT2D eigenvalue weighted by Gasteiger charge is 2.25. The van der Waals surface area contributed by atoms with Crippen LogP contribution in [-0.4, -0.2) is 46.5 Å². The molecule has 0 unspecified atom stereocenters. The highest BCUT2D eigenvalue weighted by Crippen LogP contribution is 2.21. The van der Waals surface area contributed by atoms with Gasteiger partial charge in [0.25, 0.3) is 0 Å². The van der Waals surface area contributed by atoms with Gasteiger partial charge in [0.1, 0.15) is 10.3 Å². The molecule has 1 fully saturated rings. The lowest BCUT2D eigenvalue weighted by Gasteiger charge is -2.42. The van der Waals surface area contributed by atoms with Crippen molar-refractivity contribution >= 4 is 23.2 Å². The molecular weight excluding hydrogens is 281 g/mol. The molecule has 19 heavy (non-hydrogen) atoms. The number of nitrogens with zero attached hydrogens (tertiary/aromatic N) is 3. The molecule has 1 aromatic rings. The zero-order chi connectivity index (χ0) is 14.0. The van der Waals surface area contributed by atoms with Gasteiger partial charge in [0.2, 0.25) is 0 Å². The second-order valence-corrected chi connectivity index (χ2v) is 6.76. The molecule has 5 heteroatoms. The Kier molecular flexibility index (Phi) is 4.72. The lowest BCUT2D eigenvalue weighted by atomic mass is 10.0. The first kappa shape index (κ1) is 15.0. The van der Waals surface area contributed by atoms with Gasteiger partial charge in [-0.2, -0.15) is 0 Å². The summed E-state index contributed by atoms with van der Waals surface area (Å²) in [7, 11) is 0. The molecule has 0 spiro atoms. The molecule has 106 valence electrons.